The molecule has 4 heteroatoms. The molecule has 0 aliphatic heterocycles. The molecule has 3 nitrogen and oxygen atoms in total. The zero-order valence-electron chi connectivity index (χ0n) is 11.3. The van der Waals surface area contributed by atoms with Gasteiger partial charge in [-0.3, -0.25) is 0 Å². The molecule has 0 fully saturated rings. The molecular weight excluding hydrogens is 242 g/mol. The van der Waals surface area contributed by atoms with Crippen LogP contribution in [0.4, 0.5) is 5.82 Å². The first-order chi connectivity index (χ1) is 8.41. The van der Waals surface area contributed by atoms with E-state index in [4.69, 9.17) is 5.73 Å². The minimum absolute atomic E-state index is 0.0104. The van der Waals surface area contributed by atoms with Crippen LogP contribution in [0.5, 0.6) is 0 Å². The third-order valence-electron chi connectivity index (χ3n) is 2.80. The van der Waals surface area contributed by atoms with E-state index >= 15 is 0 Å². The molecule has 2 aromatic rings. The highest BCUT2D eigenvalue weighted by atomic mass is 32.2. The van der Waals surface area contributed by atoms with Crippen LogP contribution < -0.4 is 5.73 Å². The molecule has 1 aromatic carbocycles. The number of thioether (sulfide) groups is 1. The van der Waals surface area contributed by atoms with Crippen molar-refractivity contribution in [3.63, 3.8) is 0 Å². The van der Waals surface area contributed by atoms with Gasteiger partial charge in [0.2, 0.25) is 0 Å². The topological polar surface area (TPSA) is 43.8 Å². The van der Waals surface area contributed by atoms with Crippen LogP contribution in [0.1, 0.15) is 26.5 Å². The summed E-state index contributed by atoms with van der Waals surface area (Å²) < 4.78 is 1.81. The molecule has 1 aromatic heterocycles. The summed E-state index contributed by atoms with van der Waals surface area (Å²) in [7, 11) is 0. The number of hydrogen-bond acceptors (Lipinski definition) is 3. The lowest BCUT2D eigenvalue weighted by Crippen LogP contribution is -2.12. The fourth-order valence-electron chi connectivity index (χ4n) is 1.71. The molecule has 0 aliphatic carbocycles. The standard InChI is InChI=1S/C14H19N3S/c1-14(2,3)12-9-13(15)17(16-12)10-6-5-7-11(8-10)18-4/h5-9H,15H2,1-4H3. The number of hydrogen-bond donors (Lipinski definition) is 1. The van der Waals surface area contributed by atoms with E-state index in [0.29, 0.717) is 5.82 Å². The van der Waals surface area contributed by atoms with E-state index in [-0.39, 0.29) is 5.41 Å². The lowest BCUT2D eigenvalue weighted by Gasteiger charge is -2.14. The van der Waals surface area contributed by atoms with Gasteiger partial charge in [-0.2, -0.15) is 5.10 Å². The van der Waals surface area contributed by atoms with Gasteiger partial charge in [-0.1, -0.05) is 26.8 Å². The lowest BCUT2D eigenvalue weighted by molar-refractivity contribution is 0.560. The van der Waals surface area contributed by atoms with Crippen LogP contribution in [0.2, 0.25) is 0 Å². The smallest absolute Gasteiger partial charge is 0.127 e. The minimum Gasteiger partial charge on any atom is -0.384 e. The molecule has 0 amide bonds. The van der Waals surface area contributed by atoms with E-state index < -0.39 is 0 Å². The highest BCUT2D eigenvalue weighted by Gasteiger charge is 2.19. The summed E-state index contributed by atoms with van der Waals surface area (Å²) in [5.74, 6) is 0.679. The quantitative estimate of drug-likeness (QED) is 0.842. The van der Waals surface area contributed by atoms with Gasteiger partial charge < -0.3 is 5.73 Å². The Labute approximate surface area is 112 Å². The monoisotopic (exact) mass is 261 g/mol. The molecular formula is C14H19N3S. The zero-order chi connectivity index (χ0) is 13.3. The van der Waals surface area contributed by atoms with Gasteiger partial charge in [0.15, 0.2) is 0 Å². The summed E-state index contributed by atoms with van der Waals surface area (Å²) >= 11 is 1.71. The van der Waals surface area contributed by atoms with Crippen LogP contribution in [0.25, 0.3) is 5.69 Å². The van der Waals surface area contributed by atoms with E-state index in [2.05, 4.69) is 44.3 Å². The molecule has 0 radical (unpaired) electrons. The Morgan fingerprint density at radius 3 is 2.50 bits per heavy atom. The van der Waals surface area contributed by atoms with Crippen molar-refractivity contribution in [1.82, 2.24) is 9.78 Å². The second kappa shape index (κ2) is 4.69. The Hall–Kier alpha value is -1.42. The van der Waals surface area contributed by atoms with Crippen molar-refractivity contribution in [2.75, 3.05) is 12.0 Å². The number of rotatable bonds is 2. The second-order valence-electron chi connectivity index (χ2n) is 5.32. The average molecular weight is 261 g/mol. The molecule has 0 atom stereocenters. The van der Waals surface area contributed by atoms with Crippen LogP contribution >= 0.6 is 11.8 Å². The van der Waals surface area contributed by atoms with Gasteiger partial charge in [0.05, 0.1) is 11.4 Å². The fraction of sp³-hybridized carbons (Fsp3) is 0.357. The molecule has 0 unspecified atom stereocenters. The fourth-order valence-corrected chi connectivity index (χ4v) is 2.16. The highest BCUT2D eigenvalue weighted by molar-refractivity contribution is 7.98. The number of nitrogens with two attached hydrogens (primary N) is 1. The van der Waals surface area contributed by atoms with Crippen molar-refractivity contribution in [1.29, 1.82) is 0 Å². The van der Waals surface area contributed by atoms with Gasteiger partial charge in [0.25, 0.3) is 0 Å². The van der Waals surface area contributed by atoms with Gasteiger partial charge in [-0.25, -0.2) is 4.68 Å². The van der Waals surface area contributed by atoms with Crippen molar-refractivity contribution in [2.45, 2.75) is 31.1 Å². The number of benzene rings is 1. The lowest BCUT2D eigenvalue weighted by atomic mass is 9.92. The molecule has 0 aliphatic rings. The second-order valence-corrected chi connectivity index (χ2v) is 6.20. The van der Waals surface area contributed by atoms with Crippen LogP contribution in [-0.2, 0) is 5.41 Å². The summed E-state index contributed by atoms with van der Waals surface area (Å²) in [6.07, 6.45) is 2.06. The maximum absolute atomic E-state index is 6.06. The SMILES string of the molecule is CSc1cccc(-n2nc(C(C)(C)C)cc2N)c1. The summed E-state index contributed by atoms with van der Waals surface area (Å²) in [5, 5.41) is 4.61. The molecule has 96 valence electrons. The summed E-state index contributed by atoms with van der Waals surface area (Å²) in [5.41, 5.74) is 8.08. The number of nitrogen functional groups attached to an aromatic ring is 1. The van der Waals surface area contributed by atoms with Crippen molar-refractivity contribution in [3.05, 3.63) is 36.0 Å². The van der Waals surface area contributed by atoms with Gasteiger partial charge in [-0.05, 0) is 24.5 Å². The first kappa shape index (κ1) is 13.0. The third kappa shape index (κ3) is 2.53. The third-order valence-corrected chi connectivity index (χ3v) is 3.53. The van der Waals surface area contributed by atoms with Crippen LogP contribution in [0.15, 0.2) is 35.2 Å². The van der Waals surface area contributed by atoms with E-state index in [1.54, 1.807) is 16.4 Å². The van der Waals surface area contributed by atoms with Gasteiger partial charge in [0.1, 0.15) is 5.82 Å². The molecule has 2 N–H and O–H groups in total. The van der Waals surface area contributed by atoms with Crippen molar-refractivity contribution < 1.29 is 0 Å². The summed E-state index contributed by atoms with van der Waals surface area (Å²) in [6.45, 7) is 6.41. The Bertz CT molecular complexity index is 552. The predicted octanol–water partition coefficient (Wildman–Crippen LogP) is 3.47. The Balaban J connectivity index is 2.47. The van der Waals surface area contributed by atoms with Gasteiger partial charge >= 0.3 is 0 Å². The molecule has 0 spiro atoms. The number of aromatic nitrogens is 2. The summed E-state index contributed by atoms with van der Waals surface area (Å²) in [6, 6.07) is 10.2. The molecule has 0 saturated heterocycles. The molecule has 1 heterocycles. The highest BCUT2D eigenvalue weighted by Crippen LogP contribution is 2.26. The first-order valence-corrected chi connectivity index (χ1v) is 7.15. The Morgan fingerprint density at radius 1 is 1.22 bits per heavy atom. The van der Waals surface area contributed by atoms with E-state index in [9.17, 15) is 0 Å². The first-order valence-electron chi connectivity index (χ1n) is 5.92. The van der Waals surface area contributed by atoms with E-state index in [1.165, 1.54) is 4.90 Å². The minimum atomic E-state index is 0.0104. The van der Waals surface area contributed by atoms with Gasteiger partial charge in [0, 0.05) is 16.4 Å². The maximum Gasteiger partial charge on any atom is 0.127 e. The maximum atomic E-state index is 6.06. The molecule has 0 saturated carbocycles. The van der Waals surface area contributed by atoms with Crippen molar-refractivity contribution in [3.8, 4) is 5.69 Å². The Morgan fingerprint density at radius 2 is 1.94 bits per heavy atom. The van der Waals surface area contributed by atoms with Crippen molar-refractivity contribution >= 4 is 17.6 Å². The Kier molecular flexibility index (Phi) is 3.39. The average Bonchev–Trinajstić information content (AvgIpc) is 2.71. The molecule has 2 rings (SSSR count). The normalized spacial score (nSPS) is 11.8. The van der Waals surface area contributed by atoms with Crippen LogP contribution in [0, 0.1) is 0 Å². The van der Waals surface area contributed by atoms with Gasteiger partial charge in [-0.15, -0.1) is 11.8 Å². The molecule has 18 heavy (non-hydrogen) atoms. The number of nitrogens with zero attached hydrogens (tertiary/aromatic N) is 2. The number of anilines is 1. The van der Waals surface area contributed by atoms with Crippen LogP contribution in [-0.4, -0.2) is 16.0 Å². The van der Waals surface area contributed by atoms with E-state index in [1.807, 2.05) is 18.2 Å². The van der Waals surface area contributed by atoms with Crippen molar-refractivity contribution in [2.24, 2.45) is 0 Å². The van der Waals surface area contributed by atoms with E-state index in [0.717, 1.165) is 11.4 Å². The predicted molar refractivity (Wildman–Crippen MR) is 78.5 cm³/mol. The summed E-state index contributed by atoms with van der Waals surface area (Å²) in [4.78, 5) is 1.21. The molecule has 0 bridgehead atoms. The van der Waals surface area contributed by atoms with Crippen LogP contribution in [0.3, 0.4) is 0 Å². The largest absolute Gasteiger partial charge is 0.384 e. The zero-order valence-corrected chi connectivity index (χ0v) is 12.1.